The standard InChI is InChI=1S/C5H8O3.C3H4O2/c1-3-8-4(2)5(6)7;1-2-3(4)5/h2-3H2,1H3,(H,6,7);2H,1H2,(H,4,5). The topological polar surface area (TPSA) is 83.8 Å². The predicted molar refractivity (Wildman–Crippen MR) is 46.2 cm³/mol. The zero-order chi connectivity index (χ0) is 10.9. The van der Waals surface area contributed by atoms with E-state index in [9.17, 15) is 9.59 Å². The highest BCUT2D eigenvalue weighted by Gasteiger charge is 2.00. The second-order valence-corrected chi connectivity index (χ2v) is 1.70. The van der Waals surface area contributed by atoms with E-state index >= 15 is 0 Å². The van der Waals surface area contributed by atoms with Gasteiger partial charge in [0, 0.05) is 6.08 Å². The molecule has 0 amide bonds. The summed E-state index contributed by atoms with van der Waals surface area (Å²) in [6, 6.07) is 0. The molecule has 74 valence electrons. The summed E-state index contributed by atoms with van der Waals surface area (Å²) < 4.78 is 4.51. The Morgan fingerprint density at radius 2 is 1.85 bits per heavy atom. The molecule has 5 nitrogen and oxygen atoms in total. The van der Waals surface area contributed by atoms with Gasteiger partial charge in [-0.25, -0.2) is 9.59 Å². The Morgan fingerprint density at radius 1 is 1.46 bits per heavy atom. The van der Waals surface area contributed by atoms with Crippen LogP contribution < -0.4 is 0 Å². The van der Waals surface area contributed by atoms with Crippen LogP contribution in [0.3, 0.4) is 0 Å². The summed E-state index contributed by atoms with van der Waals surface area (Å²) in [5.41, 5.74) is 0. The summed E-state index contributed by atoms with van der Waals surface area (Å²) in [4.78, 5) is 19.1. The van der Waals surface area contributed by atoms with Crippen molar-refractivity contribution in [3.05, 3.63) is 25.0 Å². The lowest BCUT2D eigenvalue weighted by Gasteiger charge is -1.97. The molecule has 0 unspecified atom stereocenters. The van der Waals surface area contributed by atoms with Crippen molar-refractivity contribution in [2.24, 2.45) is 0 Å². The second kappa shape index (κ2) is 8.32. The Kier molecular flexibility index (Phi) is 8.82. The quantitative estimate of drug-likeness (QED) is 0.505. The molecule has 0 saturated heterocycles. The van der Waals surface area contributed by atoms with Gasteiger partial charge in [0.1, 0.15) is 0 Å². The van der Waals surface area contributed by atoms with E-state index in [2.05, 4.69) is 17.9 Å². The van der Waals surface area contributed by atoms with Crippen molar-refractivity contribution in [2.45, 2.75) is 6.92 Å². The lowest BCUT2D eigenvalue weighted by molar-refractivity contribution is -0.136. The summed E-state index contributed by atoms with van der Waals surface area (Å²) in [6.45, 7) is 8.14. The third-order valence-corrected chi connectivity index (χ3v) is 0.732. The molecule has 0 bridgehead atoms. The average Bonchev–Trinajstić information content (AvgIpc) is 2.06. The first-order valence-corrected chi connectivity index (χ1v) is 3.36. The molecule has 0 saturated carbocycles. The van der Waals surface area contributed by atoms with Gasteiger partial charge < -0.3 is 14.9 Å². The van der Waals surface area contributed by atoms with Crippen LogP contribution >= 0.6 is 0 Å². The minimum Gasteiger partial charge on any atom is -0.487 e. The fourth-order valence-corrected chi connectivity index (χ4v) is 0.236. The second-order valence-electron chi connectivity index (χ2n) is 1.70. The van der Waals surface area contributed by atoms with E-state index in [0.717, 1.165) is 6.08 Å². The lowest BCUT2D eigenvalue weighted by atomic mass is 10.6. The van der Waals surface area contributed by atoms with Crippen LogP contribution in [0.2, 0.25) is 0 Å². The first kappa shape index (κ1) is 13.8. The van der Waals surface area contributed by atoms with Crippen LogP contribution in [0.1, 0.15) is 6.92 Å². The summed E-state index contributed by atoms with van der Waals surface area (Å²) in [7, 11) is 0. The highest BCUT2D eigenvalue weighted by atomic mass is 16.5. The molecule has 0 fully saturated rings. The maximum absolute atomic E-state index is 9.86. The first-order valence-electron chi connectivity index (χ1n) is 3.36. The molecular weight excluding hydrogens is 176 g/mol. The van der Waals surface area contributed by atoms with Gasteiger partial charge in [-0.3, -0.25) is 0 Å². The molecule has 2 N–H and O–H groups in total. The van der Waals surface area contributed by atoms with E-state index in [1.165, 1.54) is 0 Å². The fourth-order valence-electron chi connectivity index (χ4n) is 0.236. The van der Waals surface area contributed by atoms with Gasteiger partial charge in [-0.1, -0.05) is 6.58 Å². The third-order valence-electron chi connectivity index (χ3n) is 0.732. The van der Waals surface area contributed by atoms with E-state index in [4.69, 9.17) is 10.2 Å². The SMILES string of the molecule is C=C(OCC)C(=O)O.C=CC(=O)O. The molecule has 0 spiro atoms. The number of ether oxygens (including phenoxy) is 1. The number of hydrogen-bond acceptors (Lipinski definition) is 3. The normalized spacial score (nSPS) is 7.46. The van der Waals surface area contributed by atoms with E-state index in [1.807, 2.05) is 0 Å². The number of aliphatic carboxylic acids is 2. The predicted octanol–water partition coefficient (Wildman–Crippen LogP) is 0.878. The van der Waals surface area contributed by atoms with Crippen LogP contribution in [0, 0.1) is 0 Å². The molecule has 0 aromatic rings. The molecule has 5 heteroatoms. The summed E-state index contributed by atoms with van der Waals surface area (Å²) in [5, 5.41) is 15.7. The fraction of sp³-hybridized carbons (Fsp3) is 0.250. The van der Waals surface area contributed by atoms with Gasteiger partial charge in [0.05, 0.1) is 6.61 Å². The summed E-state index contributed by atoms with van der Waals surface area (Å²) in [5.74, 6) is -2.29. The van der Waals surface area contributed by atoms with Gasteiger partial charge in [-0.05, 0) is 13.5 Å². The van der Waals surface area contributed by atoms with Crippen molar-refractivity contribution in [1.29, 1.82) is 0 Å². The lowest BCUT2D eigenvalue weighted by Crippen LogP contribution is -2.02. The molecule has 0 aromatic heterocycles. The smallest absolute Gasteiger partial charge is 0.370 e. The van der Waals surface area contributed by atoms with Gasteiger partial charge in [0.2, 0.25) is 0 Å². The van der Waals surface area contributed by atoms with E-state index < -0.39 is 11.9 Å². The number of hydrogen-bond donors (Lipinski definition) is 2. The average molecular weight is 188 g/mol. The Morgan fingerprint density at radius 3 is 1.92 bits per heavy atom. The van der Waals surface area contributed by atoms with E-state index in [-0.39, 0.29) is 5.76 Å². The Labute approximate surface area is 75.9 Å². The number of rotatable bonds is 4. The zero-order valence-electron chi connectivity index (χ0n) is 7.32. The minimum absolute atomic E-state index is 0.201. The number of carboxylic acids is 2. The minimum atomic E-state index is -1.10. The highest BCUT2D eigenvalue weighted by molar-refractivity contribution is 5.83. The number of carbonyl (C=O) groups is 2. The van der Waals surface area contributed by atoms with Crippen LogP contribution in [0.4, 0.5) is 0 Å². The summed E-state index contributed by atoms with van der Waals surface area (Å²) in [6.07, 6.45) is 0.833. The molecule has 0 aromatic carbocycles. The van der Waals surface area contributed by atoms with Crippen LogP contribution in [-0.4, -0.2) is 28.8 Å². The van der Waals surface area contributed by atoms with Crippen molar-refractivity contribution < 1.29 is 24.5 Å². The monoisotopic (exact) mass is 188 g/mol. The van der Waals surface area contributed by atoms with Crippen molar-refractivity contribution in [2.75, 3.05) is 6.61 Å². The largest absolute Gasteiger partial charge is 0.487 e. The zero-order valence-corrected chi connectivity index (χ0v) is 7.32. The van der Waals surface area contributed by atoms with Crippen molar-refractivity contribution in [3.63, 3.8) is 0 Å². The molecule has 0 rings (SSSR count). The molecule has 13 heavy (non-hydrogen) atoms. The first-order chi connectivity index (χ1) is 5.95. The molecule has 0 aliphatic carbocycles. The Bertz CT molecular complexity index is 207. The maximum Gasteiger partial charge on any atom is 0.370 e. The van der Waals surface area contributed by atoms with Crippen molar-refractivity contribution >= 4 is 11.9 Å². The number of carboxylic acid groups (broad SMARTS) is 2. The molecule has 0 radical (unpaired) electrons. The van der Waals surface area contributed by atoms with Gasteiger partial charge >= 0.3 is 11.9 Å². The third kappa shape index (κ3) is 13.2. The van der Waals surface area contributed by atoms with Crippen LogP contribution in [0.5, 0.6) is 0 Å². The van der Waals surface area contributed by atoms with E-state index in [0.29, 0.717) is 6.61 Å². The maximum atomic E-state index is 9.86. The van der Waals surface area contributed by atoms with Crippen molar-refractivity contribution in [3.8, 4) is 0 Å². The van der Waals surface area contributed by atoms with Gasteiger partial charge in [0.15, 0.2) is 5.76 Å². The van der Waals surface area contributed by atoms with E-state index in [1.54, 1.807) is 6.92 Å². The molecular formula is C8H12O5. The molecule has 0 heterocycles. The Balaban J connectivity index is 0. The van der Waals surface area contributed by atoms with Crippen molar-refractivity contribution in [1.82, 2.24) is 0 Å². The molecule has 0 aliphatic rings. The van der Waals surface area contributed by atoms with Gasteiger partial charge in [-0.2, -0.15) is 0 Å². The highest BCUT2D eigenvalue weighted by Crippen LogP contribution is 1.90. The summed E-state index contributed by atoms with van der Waals surface area (Å²) >= 11 is 0. The Hall–Kier alpha value is -1.78. The van der Waals surface area contributed by atoms with Crippen LogP contribution in [-0.2, 0) is 14.3 Å². The van der Waals surface area contributed by atoms with Crippen LogP contribution in [0.25, 0.3) is 0 Å². The van der Waals surface area contributed by atoms with Gasteiger partial charge in [0.25, 0.3) is 0 Å². The molecule has 0 atom stereocenters. The van der Waals surface area contributed by atoms with Gasteiger partial charge in [-0.15, -0.1) is 0 Å². The molecule has 0 aliphatic heterocycles. The van der Waals surface area contributed by atoms with Crippen LogP contribution in [0.15, 0.2) is 25.0 Å².